The topological polar surface area (TPSA) is 99.4 Å². The summed E-state index contributed by atoms with van der Waals surface area (Å²) in [5.74, 6) is -0.0777. The Balaban J connectivity index is 2.08. The summed E-state index contributed by atoms with van der Waals surface area (Å²) < 4.78 is 5.00. The van der Waals surface area contributed by atoms with Gasteiger partial charge in [-0.05, 0) is 18.1 Å². The summed E-state index contributed by atoms with van der Waals surface area (Å²) in [6, 6.07) is 8.62. The molecule has 0 bridgehead atoms. The smallest absolute Gasteiger partial charge is 0.404 e. The van der Waals surface area contributed by atoms with Gasteiger partial charge in [-0.25, -0.2) is 0 Å². The normalized spacial score (nSPS) is 12.1. The number of nitrogens with zero attached hydrogens (tertiary/aromatic N) is 2. The molecule has 0 saturated carbocycles. The Hall–Kier alpha value is -2.41. The van der Waals surface area contributed by atoms with Crippen molar-refractivity contribution in [3.8, 4) is 0 Å². The molecule has 0 amide bonds. The Kier molecular flexibility index (Phi) is 3.99. The number of benzene rings is 1. The van der Waals surface area contributed by atoms with Gasteiger partial charge >= 0.3 is 5.88 Å². The zero-order chi connectivity index (χ0) is 14.7. The molecule has 2 rings (SSSR count). The molecule has 0 aliphatic heterocycles. The zero-order valence-electron chi connectivity index (χ0n) is 10.1. The van der Waals surface area contributed by atoms with Crippen molar-refractivity contribution in [3.63, 3.8) is 0 Å². The number of hydrogen-bond acceptors (Lipinski definition) is 5. The van der Waals surface area contributed by atoms with Gasteiger partial charge in [-0.2, -0.15) is 0 Å². The molecule has 0 radical (unpaired) electrons. The van der Waals surface area contributed by atoms with Gasteiger partial charge in [0.25, 0.3) is 5.69 Å². The van der Waals surface area contributed by atoms with Crippen LogP contribution < -0.4 is 0 Å². The zero-order valence-corrected chi connectivity index (χ0v) is 10.8. The molecule has 1 atom stereocenters. The minimum absolute atomic E-state index is 0.00601. The maximum atomic E-state index is 10.5. The van der Waals surface area contributed by atoms with Crippen LogP contribution in [0.3, 0.4) is 0 Å². The Morgan fingerprint density at radius 2 is 1.70 bits per heavy atom. The highest BCUT2D eigenvalue weighted by molar-refractivity contribution is 6.20. The van der Waals surface area contributed by atoms with Crippen LogP contribution >= 0.6 is 11.6 Å². The third-order valence-electron chi connectivity index (χ3n) is 2.66. The van der Waals surface area contributed by atoms with E-state index in [0.29, 0.717) is 6.42 Å². The average Bonchev–Trinajstić information content (AvgIpc) is 2.89. The highest BCUT2D eigenvalue weighted by Gasteiger charge is 2.18. The summed E-state index contributed by atoms with van der Waals surface area (Å²) in [6.45, 7) is 0. The number of nitro benzene ring substituents is 1. The van der Waals surface area contributed by atoms with Crippen LogP contribution in [-0.4, -0.2) is 9.85 Å². The summed E-state index contributed by atoms with van der Waals surface area (Å²) >= 11 is 6.11. The SMILES string of the molecule is O=[N+]([O-])c1ccc(CC(Cl)c2ccc([N+](=O)[O-])o2)cc1. The Morgan fingerprint density at radius 1 is 1.05 bits per heavy atom. The fourth-order valence-corrected chi connectivity index (χ4v) is 1.97. The fourth-order valence-electron chi connectivity index (χ4n) is 1.67. The monoisotopic (exact) mass is 296 g/mol. The van der Waals surface area contributed by atoms with E-state index < -0.39 is 15.2 Å². The molecule has 0 saturated heterocycles. The first-order valence-corrected chi connectivity index (χ1v) is 6.02. The van der Waals surface area contributed by atoms with Crippen molar-refractivity contribution in [1.29, 1.82) is 0 Å². The van der Waals surface area contributed by atoms with Crippen LogP contribution in [0.5, 0.6) is 0 Å². The molecule has 0 aliphatic carbocycles. The molecule has 2 aromatic rings. The van der Waals surface area contributed by atoms with Crippen molar-refractivity contribution in [2.24, 2.45) is 0 Å². The minimum Gasteiger partial charge on any atom is -0.404 e. The van der Waals surface area contributed by atoms with E-state index in [1.165, 1.54) is 24.3 Å². The highest BCUT2D eigenvalue weighted by atomic mass is 35.5. The lowest BCUT2D eigenvalue weighted by molar-refractivity contribution is -0.402. The molecule has 1 aromatic carbocycles. The van der Waals surface area contributed by atoms with Crippen molar-refractivity contribution in [2.75, 3.05) is 0 Å². The molecule has 0 aliphatic rings. The van der Waals surface area contributed by atoms with E-state index in [4.69, 9.17) is 16.0 Å². The third kappa shape index (κ3) is 3.12. The number of rotatable bonds is 5. The molecule has 0 N–H and O–H groups in total. The quantitative estimate of drug-likeness (QED) is 0.476. The lowest BCUT2D eigenvalue weighted by Crippen LogP contribution is -1.95. The van der Waals surface area contributed by atoms with Gasteiger partial charge < -0.3 is 4.42 Å². The van der Waals surface area contributed by atoms with Crippen LogP contribution in [-0.2, 0) is 6.42 Å². The van der Waals surface area contributed by atoms with Crippen LogP contribution in [0.25, 0.3) is 0 Å². The fraction of sp³-hybridized carbons (Fsp3) is 0.167. The van der Waals surface area contributed by atoms with E-state index in [1.807, 2.05) is 0 Å². The van der Waals surface area contributed by atoms with Gasteiger partial charge in [-0.1, -0.05) is 12.1 Å². The van der Waals surface area contributed by atoms with Crippen LogP contribution in [0.4, 0.5) is 11.6 Å². The highest BCUT2D eigenvalue weighted by Crippen LogP contribution is 2.29. The number of furan rings is 1. The molecule has 1 aromatic heterocycles. The van der Waals surface area contributed by atoms with Crippen LogP contribution in [0.1, 0.15) is 16.7 Å². The van der Waals surface area contributed by atoms with E-state index in [-0.39, 0.29) is 17.3 Å². The number of nitro groups is 2. The van der Waals surface area contributed by atoms with Gasteiger partial charge in [0.1, 0.15) is 10.7 Å². The predicted molar refractivity (Wildman–Crippen MR) is 70.8 cm³/mol. The molecule has 104 valence electrons. The average molecular weight is 297 g/mol. The summed E-state index contributed by atoms with van der Waals surface area (Å²) in [5.41, 5.74) is 0.767. The van der Waals surface area contributed by atoms with Crippen molar-refractivity contribution in [3.05, 3.63) is 68.0 Å². The Labute approximate surface area is 118 Å². The predicted octanol–water partition coefficient (Wildman–Crippen LogP) is 3.62. The van der Waals surface area contributed by atoms with Crippen molar-refractivity contribution < 1.29 is 14.3 Å². The van der Waals surface area contributed by atoms with Gasteiger partial charge in [-0.3, -0.25) is 20.2 Å². The minimum atomic E-state index is -0.640. The number of halogens is 1. The summed E-state index contributed by atoms with van der Waals surface area (Å²) in [7, 11) is 0. The first-order valence-electron chi connectivity index (χ1n) is 5.59. The molecule has 7 nitrogen and oxygen atoms in total. The van der Waals surface area contributed by atoms with Crippen LogP contribution in [0.2, 0.25) is 0 Å². The first-order chi connectivity index (χ1) is 9.47. The number of alkyl halides is 1. The standard InChI is InChI=1S/C12H9ClN2O5/c13-10(11-5-6-12(20-11)15(18)19)7-8-1-3-9(4-2-8)14(16)17/h1-6,10H,7H2. The van der Waals surface area contributed by atoms with Crippen molar-refractivity contribution >= 4 is 23.2 Å². The Bertz CT molecular complexity index is 638. The second-order valence-corrected chi connectivity index (χ2v) is 4.56. The van der Waals surface area contributed by atoms with E-state index in [9.17, 15) is 20.2 Å². The van der Waals surface area contributed by atoms with Crippen molar-refractivity contribution in [1.82, 2.24) is 0 Å². The van der Waals surface area contributed by atoms with Crippen molar-refractivity contribution in [2.45, 2.75) is 11.8 Å². The van der Waals surface area contributed by atoms with E-state index in [2.05, 4.69) is 0 Å². The number of non-ortho nitro benzene ring substituents is 1. The third-order valence-corrected chi connectivity index (χ3v) is 3.03. The molecule has 0 spiro atoms. The molecule has 1 unspecified atom stereocenters. The summed E-state index contributed by atoms with van der Waals surface area (Å²) in [4.78, 5) is 19.9. The first kappa shape index (κ1) is 14.0. The van der Waals surface area contributed by atoms with Gasteiger partial charge in [0, 0.05) is 12.1 Å². The molecule has 1 heterocycles. The number of hydrogen-bond donors (Lipinski definition) is 0. The lowest BCUT2D eigenvalue weighted by Gasteiger charge is -2.05. The van der Waals surface area contributed by atoms with E-state index in [1.54, 1.807) is 12.1 Å². The van der Waals surface area contributed by atoms with Gasteiger partial charge in [0.2, 0.25) is 0 Å². The summed E-state index contributed by atoms with van der Waals surface area (Å²) in [6.07, 6.45) is 0.351. The molecule has 8 heteroatoms. The molecular weight excluding hydrogens is 288 g/mol. The molecular formula is C12H9ClN2O5. The Morgan fingerprint density at radius 3 is 2.20 bits per heavy atom. The molecule has 20 heavy (non-hydrogen) atoms. The second-order valence-electron chi connectivity index (χ2n) is 4.03. The maximum absolute atomic E-state index is 10.5. The van der Waals surface area contributed by atoms with Gasteiger partial charge in [0.05, 0.1) is 16.4 Å². The second kappa shape index (κ2) is 5.70. The maximum Gasteiger partial charge on any atom is 0.433 e. The van der Waals surface area contributed by atoms with Gasteiger partial charge in [-0.15, -0.1) is 11.6 Å². The van der Waals surface area contributed by atoms with Gasteiger partial charge in [0.15, 0.2) is 0 Å². The van der Waals surface area contributed by atoms with Crippen LogP contribution in [0, 0.1) is 20.2 Å². The molecule has 0 fully saturated rings. The van der Waals surface area contributed by atoms with E-state index in [0.717, 1.165) is 5.56 Å². The largest absolute Gasteiger partial charge is 0.433 e. The summed E-state index contributed by atoms with van der Waals surface area (Å²) in [5, 5.41) is 20.4. The van der Waals surface area contributed by atoms with Crippen LogP contribution in [0.15, 0.2) is 40.8 Å². The lowest BCUT2D eigenvalue weighted by atomic mass is 10.1. The van der Waals surface area contributed by atoms with E-state index >= 15 is 0 Å².